The van der Waals surface area contributed by atoms with Gasteiger partial charge in [0.2, 0.25) is 0 Å². The molecule has 2 aromatic heterocycles. The molecule has 3 rings (SSSR count). The molecular formula is C15H14N4OS. The molecule has 5 nitrogen and oxygen atoms in total. The highest BCUT2D eigenvalue weighted by molar-refractivity contribution is 7.21. The van der Waals surface area contributed by atoms with Gasteiger partial charge in [0.25, 0.3) is 5.91 Å². The van der Waals surface area contributed by atoms with E-state index in [0.717, 1.165) is 16.8 Å². The normalized spacial score (nSPS) is 11.0. The topological polar surface area (TPSA) is 94.9 Å². The number of hydrogen-bond donors (Lipinski definition) is 2. The van der Waals surface area contributed by atoms with Crippen molar-refractivity contribution in [3.63, 3.8) is 0 Å². The molecule has 0 bridgehead atoms. The Kier molecular flexibility index (Phi) is 3.10. The third-order valence-electron chi connectivity index (χ3n) is 3.27. The molecule has 0 fully saturated rings. The molecule has 21 heavy (non-hydrogen) atoms. The Morgan fingerprint density at radius 1 is 1.24 bits per heavy atom. The van der Waals surface area contributed by atoms with Crippen LogP contribution in [0.3, 0.4) is 0 Å². The SMILES string of the molecule is Cc1cccc(-c2nc(C)c3c(N)c(C(N)=O)sc3n2)c1. The zero-order chi connectivity index (χ0) is 15.1. The van der Waals surface area contributed by atoms with Gasteiger partial charge in [0.15, 0.2) is 5.82 Å². The number of anilines is 1. The summed E-state index contributed by atoms with van der Waals surface area (Å²) in [6, 6.07) is 7.96. The van der Waals surface area contributed by atoms with Crippen LogP contribution in [0.2, 0.25) is 0 Å². The van der Waals surface area contributed by atoms with Crippen molar-refractivity contribution >= 4 is 33.1 Å². The molecule has 1 aromatic carbocycles. The summed E-state index contributed by atoms with van der Waals surface area (Å²) in [5, 5.41) is 0.713. The number of carbonyl (C=O) groups excluding carboxylic acids is 1. The number of nitrogens with zero attached hydrogens (tertiary/aromatic N) is 2. The maximum Gasteiger partial charge on any atom is 0.260 e. The predicted octanol–water partition coefficient (Wildman–Crippen LogP) is 2.66. The second kappa shape index (κ2) is 4.82. The molecule has 0 spiro atoms. The maximum absolute atomic E-state index is 11.4. The Morgan fingerprint density at radius 2 is 2.00 bits per heavy atom. The first-order valence-corrected chi connectivity index (χ1v) is 7.22. The number of nitrogen functional groups attached to an aromatic ring is 1. The van der Waals surface area contributed by atoms with Crippen LogP contribution in [0.1, 0.15) is 20.9 Å². The van der Waals surface area contributed by atoms with E-state index < -0.39 is 5.91 Å². The lowest BCUT2D eigenvalue weighted by atomic mass is 10.1. The van der Waals surface area contributed by atoms with Gasteiger partial charge in [0.1, 0.15) is 9.71 Å². The predicted molar refractivity (Wildman–Crippen MR) is 85.3 cm³/mol. The number of fused-ring (bicyclic) bond motifs is 1. The molecule has 1 amide bonds. The number of amides is 1. The average Bonchev–Trinajstić information content (AvgIpc) is 2.76. The van der Waals surface area contributed by atoms with Gasteiger partial charge >= 0.3 is 0 Å². The summed E-state index contributed by atoms with van der Waals surface area (Å²) in [5.74, 6) is 0.0907. The van der Waals surface area contributed by atoms with E-state index in [1.54, 1.807) is 0 Å². The zero-order valence-corrected chi connectivity index (χ0v) is 12.5. The highest BCUT2D eigenvalue weighted by Gasteiger charge is 2.18. The molecule has 6 heteroatoms. The van der Waals surface area contributed by atoms with E-state index in [4.69, 9.17) is 11.5 Å². The van der Waals surface area contributed by atoms with Crippen LogP contribution in [0.15, 0.2) is 24.3 Å². The average molecular weight is 298 g/mol. The van der Waals surface area contributed by atoms with Crippen molar-refractivity contribution in [2.24, 2.45) is 5.73 Å². The van der Waals surface area contributed by atoms with E-state index in [9.17, 15) is 4.79 Å². The number of rotatable bonds is 2. The molecule has 3 aromatic rings. The van der Waals surface area contributed by atoms with Crippen LogP contribution in [-0.4, -0.2) is 15.9 Å². The minimum absolute atomic E-state index is 0.337. The second-order valence-electron chi connectivity index (χ2n) is 4.89. The van der Waals surface area contributed by atoms with Crippen molar-refractivity contribution in [3.8, 4) is 11.4 Å². The second-order valence-corrected chi connectivity index (χ2v) is 5.89. The van der Waals surface area contributed by atoms with Gasteiger partial charge in [-0.25, -0.2) is 9.97 Å². The Labute approximate surface area is 125 Å². The summed E-state index contributed by atoms with van der Waals surface area (Å²) in [5.41, 5.74) is 14.5. The van der Waals surface area contributed by atoms with Gasteiger partial charge in [0.05, 0.1) is 16.8 Å². The van der Waals surface area contributed by atoms with Gasteiger partial charge < -0.3 is 11.5 Å². The van der Waals surface area contributed by atoms with Crippen LogP contribution in [-0.2, 0) is 0 Å². The van der Waals surface area contributed by atoms with Gasteiger partial charge in [-0.3, -0.25) is 4.79 Å². The van der Waals surface area contributed by atoms with E-state index in [0.29, 0.717) is 26.6 Å². The molecule has 0 radical (unpaired) electrons. The summed E-state index contributed by atoms with van der Waals surface area (Å²) >= 11 is 1.21. The van der Waals surface area contributed by atoms with E-state index in [1.165, 1.54) is 11.3 Å². The molecule has 0 unspecified atom stereocenters. The molecule has 2 heterocycles. The third kappa shape index (κ3) is 2.23. The minimum atomic E-state index is -0.535. The Hall–Kier alpha value is -2.47. The Bertz CT molecular complexity index is 869. The lowest BCUT2D eigenvalue weighted by Gasteiger charge is -2.04. The first-order valence-electron chi connectivity index (χ1n) is 6.41. The molecular weight excluding hydrogens is 284 g/mol. The largest absolute Gasteiger partial charge is 0.397 e. The summed E-state index contributed by atoms with van der Waals surface area (Å²) in [6.45, 7) is 3.88. The van der Waals surface area contributed by atoms with Crippen LogP contribution in [0, 0.1) is 13.8 Å². The van der Waals surface area contributed by atoms with Crippen molar-refractivity contribution in [1.82, 2.24) is 9.97 Å². The number of thiophene rings is 1. The number of hydrogen-bond acceptors (Lipinski definition) is 5. The molecule has 0 saturated heterocycles. The van der Waals surface area contributed by atoms with Gasteiger partial charge in [-0.05, 0) is 19.9 Å². The molecule has 0 aliphatic carbocycles. The summed E-state index contributed by atoms with van der Waals surface area (Å²) < 4.78 is 0. The monoisotopic (exact) mass is 298 g/mol. The smallest absolute Gasteiger partial charge is 0.260 e. The van der Waals surface area contributed by atoms with Crippen LogP contribution in [0.5, 0.6) is 0 Å². The van der Waals surface area contributed by atoms with E-state index in [-0.39, 0.29) is 0 Å². The number of nitrogens with two attached hydrogens (primary N) is 2. The first-order chi connectivity index (χ1) is 9.97. The highest BCUT2D eigenvalue weighted by atomic mass is 32.1. The van der Waals surface area contributed by atoms with Crippen molar-refractivity contribution in [2.45, 2.75) is 13.8 Å². The van der Waals surface area contributed by atoms with Crippen molar-refractivity contribution in [1.29, 1.82) is 0 Å². The quantitative estimate of drug-likeness (QED) is 0.760. The van der Waals surface area contributed by atoms with E-state index in [2.05, 4.69) is 9.97 Å². The Balaban J connectivity index is 2.26. The van der Waals surface area contributed by atoms with Crippen LogP contribution < -0.4 is 11.5 Å². The third-order valence-corrected chi connectivity index (χ3v) is 4.38. The van der Waals surface area contributed by atoms with Gasteiger partial charge in [-0.1, -0.05) is 23.8 Å². The van der Waals surface area contributed by atoms with E-state index >= 15 is 0 Å². The highest BCUT2D eigenvalue weighted by Crippen LogP contribution is 2.35. The minimum Gasteiger partial charge on any atom is -0.397 e. The van der Waals surface area contributed by atoms with Crippen LogP contribution in [0.25, 0.3) is 21.6 Å². The number of carbonyl (C=O) groups is 1. The number of aryl methyl sites for hydroxylation is 2. The first kappa shape index (κ1) is 13.5. The number of primary amides is 1. The van der Waals surface area contributed by atoms with Crippen LogP contribution >= 0.6 is 11.3 Å². The molecule has 4 N–H and O–H groups in total. The lowest BCUT2D eigenvalue weighted by molar-refractivity contribution is 0.100. The Morgan fingerprint density at radius 3 is 2.67 bits per heavy atom. The summed E-state index contributed by atoms with van der Waals surface area (Å²) in [6.07, 6.45) is 0. The number of benzene rings is 1. The fourth-order valence-corrected chi connectivity index (χ4v) is 3.29. The summed E-state index contributed by atoms with van der Waals surface area (Å²) in [7, 11) is 0. The lowest BCUT2D eigenvalue weighted by Crippen LogP contribution is -2.10. The zero-order valence-electron chi connectivity index (χ0n) is 11.7. The molecule has 0 aliphatic rings. The fraction of sp³-hybridized carbons (Fsp3) is 0.133. The van der Waals surface area contributed by atoms with Crippen LogP contribution in [0.4, 0.5) is 5.69 Å². The van der Waals surface area contributed by atoms with Crippen molar-refractivity contribution < 1.29 is 4.79 Å². The van der Waals surface area contributed by atoms with Crippen molar-refractivity contribution in [2.75, 3.05) is 5.73 Å². The molecule has 106 valence electrons. The summed E-state index contributed by atoms with van der Waals surface area (Å²) in [4.78, 5) is 21.5. The van der Waals surface area contributed by atoms with Gasteiger partial charge in [-0.2, -0.15) is 0 Å². The fourth-order valence-electron chi connectivity index (χ4n) is 2.29. The maximum atomic E-state index is 11.4. The van der Waals surface area contributed by atoms with Gasteiger partial charge in [0, 0.05) is 5.56 Å². The molecule has 0 saturated carbocycles. The van der Waals surface area contributed by atoms with E-state index in [1.807, 2.05) is 38.1 Å². The molecule has 0 aliphatic heterocycles. The number of aromatic nitrogens is 2. The molecule has 0 atom stereocenters. The van der Waals surface area contributed by atoms with Gasteiger partial charge in [-0.15, -0.1) is 11.3 Å². The van der Waals surface area contributed by atoms with Crippen molar-refractivity contribution in [3.05, 3.63) is 40.4 Å². The standard InChI is InChI=1S/C15H14N4OS/c1-7-4-3-5-9(6-7)14-18-8(2)10-11(16)12(13(17)20)21-15(10)19-14/h3-6H,16H2,1-2H3,(H2,17,20).